The number of aromatic nitrogens is 2. The SMILES string of the molecule is CCCn1cc[n+](CC)c1C. The summed E-state index contributed by atoms with van der Waals surface area (Å²) < 4.78 is 4.55. The first-order valence-electron chi connectivity index (χ1n) is 4.34. The van der Waals surface area contributed by atoms with Crippen LogP contribution in [0, 0.1) is 6.92 Å². The molecule has 0 fully saturated rings. The standard InChI is InChI=1S/C9H17N2/c1-4-6-11-8-7-10(5-2)9(11)3/h7-8H,4-6H2,1-3H3/q+1. The first-order valence-corrected chi connectivity index (χ1v) is 4.34. The second-order valence-electron chi connectivity index (χ2n) is 2.82. The maximum Gasteiger partial charge on any atom is 0.253 e. The lowest BCUT2D eigenvalue weighted by molar-refractivity contribution is -0.699. The molecule has 0 saturated carbocycles. The number of rotatable bonds is 3. The maximum atomic E-state index is 2.30. The van der Waals surface area contributed by atoms with Gasteiger partial charge >= 0.3 is 0 Å². The van der Waals surface area contributed by atoms with Gasteiger partial charge in [0.15, 0.2) is 0 Å². The molecule has 2 heteroatoms. The van der Waals surface area contributed by atoms with E-state index in [1.54, 1.807) is 0 Å². The van der Waals surface area contributed by atoms with E-state index in [-0.39, 0.29) is 0 Å². The van der Waals surface area contributed by atoms with Gasteiger partial charge in [-0.25, -0.2) is 9.13 Å². The molecule has 0 radical (unpaired) electrons. The lowest BCUT2D eigenvalue weighted by Gasteiger charge is -1.95. The van der Waals surface area contributed by atoms with Crippen LogP contribution in [0.1, 0.15) is 26.1 Å². The highest BCUT2D eigenvalue weighted by atomic mass is 15.1. The largest absolute Gasteiger partial charge is 0.253 e. The third-order valence-corrected chi connectivity index (χ3v) is 2.06. The molecular weight excluding hydrogens is 136 g/mol. The monoisotopic (exact) mass is 153 g/mol. The van der Waals surface area contributed by atoms with Crippen molar-refractivity contribution in [2.24, 2.45) is 0 Å². The van der Waals surface area contributed by atoms with Gasteiger partial charge in [0.2, 0.25) is 0 Å². The molecule has 0 spiro atoms. The molecule has 0 aliphatic rings. The van der Waals surface area contributed by atoms with Gasteiger partial charge in [-0.3, -0.25) is 0 Å². The molecule has 1 aromatic rings. The molecule has 0 unspecified atom stereocenters. The number of aryl methyl sites for hydroxylation is 2. The summed E-state index contributed by atoms with van der Waals surface area (Å²) in [5.74, 6) is 1.36. The molecule has 2 nitrogen and oxygen atoms in total. The fourth-order valence-corrected chi connectivity index (χ4v) is 1.35. The van der Waals surface area contributed by atoms with Crippen LogP contribution in [0.25, 0.3) is 0 Å². The Morgan fingerprint density at radius 2 is 2.18 bits per heavy atom. The Morgan fingerprint density at radius 1 is 1.45 bits per heavy atom. The van der Waals surface area contributed by atoms with Crippen molar-refractivity contribution >= 4 is 0 Å². The van der Waals surface area contributed by atoms with E-state index in [2.05, 4.69) is 42.3 Å². The number of hydrogen-bond donors (Lipinski definition) is 0. The van der Waals surface area contributed by atoms with Crippen molar-refractivity contribution in [3.05, 3.63) is 18.2 Å². The summed E-state index contributed by atoms with van der Waals surface area (Å²) in [6.07, 6.45) is 5.51. The molecule has 1 rings (SSSR count). The molecule has 1 heterocycles. The maximum absolute atomic E-state index is 2.30. The summed E-state index contributed by atoms with van der Waals surface area (Å²) >= 11 is 0. The first-order chi connectivity index (χ1) is 5.29. The van der Waals surface area contributed by atoms with Gasteiger partial charge < -0.3 is 0 Å². The first kappa shape index (κ1) is 8.31. The van der Waals surface area contributed by atoms with Gasteiger partial charge in [0.05, 0.1) is 13.1 Å². The van der Waals surface area contributed by atoms with Gasteiger partial charge in [-0.05, 0) is 13.3 Å². The van der Waals surface area contributed by atoms with E-state index in [9.17, 15) is 0 Å². The topological polar surface area (TPSA) is 8.81 Å². The fraction of sp³-hybridized carbons (Fsp3) is 0.667. The van der Waals surface area contributed by atoms with Gasteiger partial charge in [-0.15, -0.1) is 0 Å². The molecular formula is C9H17N2+. The Morgan fingerprint density at radius 3 is 2.64 bits per heavy atom. The number of hydrogen-bond acceptors (Lipinski definition) is 0. The molecule has 0 amide bonds. The zero-order chi connectivity index (χ0) is 8.27. The summed E-state index contributed by atoms with van der Waals surface area (Å²) in [5, 5.41) is 0. The van der Waals surface area contributed by atoms with E-state index in [0.717, 1.165) is 13.1 Å². The van der Waals surface area contributed by atoms with E-state index in [4.69, 9.17) is 0 Å². The molecule has 0 aliphatic heterocycles. The Balaban J connectivity index is 2.82. The van der Waals surface area contributed by atoms with Gasteiger partial charge in [0.25, 0.3) is 5.82 Å². The van der Waals surface area contributed by atoms with Crippen molar-refractivity contribution in [3.8, 4) is 0 Å². The molecule has 1 aromatic heterocycles. The minimum atomic E-state index is 1.07. The summed E-state index contributed by atoms with van der Waals surface area (Å²) in [6.45, 7) is 8.75. The molecule has 0 saturated heterocycles. The molecule has 11 heavy (non-hydrogen) atoms. The lowest BCUT2D eigenvalue weighted by atomic mass is 10.4. The van der Waals surface area contributed by atoms with Crippen LogP contribution in [0.15, 0.2) is 12.4 Å². The Labute approximate surface area is 68.5 Å². The van der Waals surface area contributed by atoms with Crippen LogP contribution in [-0.2, 0) is 13.1 Å². The van der Waals surface area contributed by atoms with E-state index in [0.29, 0.717) is 0 Å². The molecule has 0 atom stereocenters. The average Bonchev–Trinajstić information content (AvgIpc) is 2.34. The van der Waals surface area contributed by atoms with Gasteiger partial charge in [-0.2, -0.15) is 0 Å². The van der Waals surface area contributed by atoms with Crippen molar-refractivity contribution in [3.63, 3.8) is 0 Å². The third kappa shape index (κ3) is 1.62. The van der Waals surface area contributed by atoms with E-state index in [1.165, 1.54) is 12.2 Å². The van der Waals surface area contributed by atoms with Gasteiger partial charge in [0.1, 0.15) is 12.4 Å². The predicted molar refractivity (Wildman–Crippen MR) is 45.3 cm³/mol. The van der Waals surface area contributed by atoms with E-state index < -0.39 is 0 Å². The molecule has 0 bridgehead atoms. The highest BCUT2D eigenvalue weighted by molar-refractivity contribution is 4.78. The van der Waals surface area contributed by atoms with Crippen molar-refractivity contribution < 1.29 is 4.57 Å². The normalized spacial score (nSPS) is 10.5. The van der Waals surface area contributed by atoms with Crippen LogP contribution in [0.5, 0.6) is 0 Å². The Bertz CT molecular complexity index is 225. The molecule has 0 aromatic carbocycles. The second-order valence-corrected chi connectivity index (χ2v) is 2.82. The quantitative estimate of drug-likeness (QED) is 0.582. The Hall–Kier alpha value is -0.790. The van der Waals surface area contributed by atoms with Crippen molar-refractivity contribution in [2.45, 2.75) is 40.3 Å². The van der Waals surface area contributed by atoms with Crippen molar-refractivity contribution in [2.75, 3.05) is 0 Å². The van der Waals surface area contributed by atoms with Gasteiger partial charge in [-0.1, -0.05) is 6.92 Å². The zero-order valence-electron chi connectivity index (χ0n) is 7.67. The fourth-order valence-electron chi connectivity index (χ4n) is 1.35. The van der Waals surface area contributed by atoms with Crippen LogP contribution in [0.2, 0.25) is 0 Å². The minimum Gasteiger partial charge on any atom is -0.235 e. The van der Waals surface area contributed by atoms with Gasteiger partial charge in [0, 0.05) is 6.92 Å². The second kappa shape index (κ2) is 3.56. The van der Waals surface area contributed by atoms with Crippen LogP contribution >= 0.6 is 0 Å². The molecule has 62 valence electrons. The lowest BCUT2D eigenvalue weighted by Crippen LogP contribution is -2.33. The highest BCUT2D eigenvalue weighted by Crippen LogP contribution is 1.94. The van der Waals surface area contributed by atoms with Crippen LogP contribution < -0.4 is 4.57 Å². The average molecular weight is 153 g/mol. The van der Waals surface area contributed by atoms with Crippen molar-refractivity contribution in [1.82, 2.24) is 4.57 Å². The smallest absolute Gasteiger partial charge is 0.235 e. The molecule has 0 aliphatic carbocycles. The predicted octanol–water partition coefficient (Wildman–Crippen LogP) is 1.51. The van der Waals surface area contributed by atoms with Crippen LogP contribution in [0.3, 0.4) is 0 Å². The summed E-state index contributed by atoms with van der Waals surface area (Å²) in [4.78, 5) is 0. The number of nitrogens with zero attached hydrogens (tertiary/aromatic N) is 2. The summed E-state index contributed by atoms with van der Waals surface area (Å²) in [5.41, 5.74) is 0. The molecule has 0 N–H and O–H groups in total. The summed E-state index contributed by atoms with van der Waals surface area (Å²) in [7, 11) is 0. The number of imidazole rings is 1. The van der Waals surface area contributed by atoms with E-state index >= 15 is 0 Å². The highest BCUT2D eigenvalue weighted by Gasteiger charge is 2.07. The van der Waals surface area contributed by atoms with Crippen LogP contribution in [-0.4, -0.2) is 4.57 Å². The van der Waals surface area contributed by atoms with E-state index in [1.807, 2.05) is 0 Å². The zero-order valence-corrected chi connectivity index (χ0v) is 7.67. The minimum absolute atomic E-state index is 1.07. The van der Waals surface area contributed by atoms with Crippen LogP contribution in [0.4, 0.5) is 0 Å². The van der Waals surface area contributed by atoms with Crippen molar-refractivity contribution in [1.29, 1.82) is 0 Å². The Kier molecular flexibility index (Phi) is 2.69. The third-order valence-electron chi connectivity index (χ3n) is 2.06. The summed E-state index contributed by atoms with van der Waals surface area (Å²) in [6, 6.07) is 0.